The van der Waals surface area contributed by atoms with Crippen LogP contribution in [-0.4, -0.2) is 39.5 Å². The number of aryl methyl sites for hydroxylation is 1. The third kappa shape index (κ3) is 4.71. The number of hydrogen-bond acceptors (Lipinski definition) is 4. The molecule has 34 heavy (non-hydrogen) atoms. The number of carbonyl (C=O) groups excluding carboxylic acids is 3. The van der Waals surface area contributed by atoms with Crippen molar-refractivity contribution in [1.29, 1.82) is 0 Å². The first-order chi connectivity index (χ1) is 16.1. The summed E-state index contributed by atoms with van der Waals surface area (Å²) in [5.74, 6) is -0.397. The molecule has 2 heterocycles. The summed E-state index contributed by atoms with van der Waals surface area (Å²) in [5, 5.41) is 5.78. The summed E-state index contributed by atoms with van der Waals surface area (Å²) in [4.78, 5) is 41.6. The molecule has 2 aliphatic rings. The Bertz CT molecular complexity index is 1100. The van der Waals surface area contributed by atoms with Gasteiger partial charge >= 0.3 is 0 Å². The van der Waals surface area contributed by atoms with Crippen molar-refractivity contribution in [2.24, 2.45) is 5.92 Å². The second kappa shape index (κ2) is 9.45. The van der Waals surface area contributed by atoms with E-state index in [1.165, 1.54) is 0 Å². The van der Waals surface area contributed by atoms with Gasteiger partial charge in [0, 0.05) is 16.9 Å². The zero-order chi connectivity index (χ0) is 24.6. The summed E-state index contributed by atoms with van der Waals surface area (Å²) in [6.45, 7) is 10.5. The van der Waals surface area contributed by atoms with Gasteiger partial charge in [0.25, 0.3) is 5.91 Å². The quantitative estimate of drug-likeness (QED) is 0.624. The first-order valence-electron chi connectivity index (χ1n) is 11.8. The minimum Gasteiger partial charge on any atom is -0.350 e. The second-order valence-electron chi connectivity index (χ2n) is 10.2. The molecule has 3 amide bonds. The Morgan fingerprint density at radius 1 is 1.09 bits per heavy atom. The zero-order valence-electron chi connectivity index (χ0n) is 20.4. The standard InChI is InChI=1S/C27H33N3O3S/c1-16(2)14-21(23(31)28-15-18-12-10-17(3)11-13-18)29-24(32)22-27(4,5)34-26-20-9-7-6-8-19(20)25(33)30(22)26/h6-13,16,21-22,26H,14-15H2,1-5H3,(H,28,31)(H,29,32). The molecule has 7 heteroatoms. The number of nitrogens with zero attached hydrogens (tertiary/aromatic N) is 1. The normalized spacial score (nSPS) is 21.2. The lowest BCUT2D eigenvalue weighted by Gasteiger charge is -2.31. The summed E-state index contributed by atoms with van der Waals surface area (Å²) < 4.78 is -0.487. The van der Waals surface area contributed by atoms with Gasteiger partial charge in [-0.3, -0.25) is 14.4 Å². The van der Waals surface area contributed by atoms with Crippen LogP contribution in [0.3, 0.4) is 0 Å². The molecule has 180 valence electrons. The van der Waals surface area contributed by atoms with Crippen LogP contribution in [0.1, 0.15) is 66.5 Å². The van der Waals surface area contributed by atoms with Crippen LogP contribution in [0.15, 0.2) is 48.5 Å². The Labute approximate surface area is 205 Å². The summed E-state index contributed by atoms with van der Waals surface area (Å²) in [6, 6.07) is 14.2. The molecule has 1 fully saturated rings. The van der Waals surface area contributed by atoms with Crippen LogP contribution >= 0.6 is 11.8 Å². The summed E-state index contributed by atoms with van der Waals surface area (Å²) in [6.07, 6.45) is 0.517. The molecule has 0 aliphatic carbocycles. The number of benzene rings is 2. The van der Waals surface area contributed by atoms with Crippen molar-refractivity contribution < 1.29 is 14.4 Å². The molecule has 2 aliphatic heterocycles. The van der Waals surface area contributed by atoms with Crippen LogP contribution in [0.4, 0.5) is 0 Å². The van der Waals surface area contributed by atoms with Gasteiger partial charge in [0.1, 0.15) is 17.5 Å². The van der Waals surface area contributed by atoms with E-state index in [4.69, 9.17) is 0 Å². The van der Waals surface area contributed by atoms with Crippen molar-refractivity contribution in [1.82, 2.24) is 15.5 Å². The molecular formula is C27H33N3O3S. The number of carbonyl (C=O) groups is 3. The Balaban J connectivity index is 1.50. The average Bonchev–Trinajstić information content (AvgIpc) is 3.21. The summed E-state index contributed by atoms with van der Waals surface area (Å²) >= 11 is 1.62. The lowest BCUT2D eigenvalue weighted by Crippen LogP contribution is -2.57. The molecule has 3 unspecified atom stereocenters. The van der Waals surface area contributed by atoms with Gasteiger partial charge in [-0.1, -0.05) is 61.9 Å². The van der Waals surface area contributed by atoms with Crippen LogP contribution in [0.25, 0.3) is 0 Å². The lowest BCUT2D eigenvalue weighted by molar-refractivity contribution is -0.132. The summed E-state index contributed by atoms with van der Waals surface area (Å²) in [7, 11) is 0. The van der Waals surface area contributed by atoms with Crippen LogP contribution in [0.5, 0.6) is 0 Å². The van der Waals surface area contributed by atoms with Gasteiger partial charge in [0.05, 0.1) is 0 Å². The Hall–Kier alpha value is -2.80. The van der Waals surface area contributed by atoms with Gasteiger partial charge in [0.2, 0.25) is 11.8 Å². The average molecular weight is 480 g/mol. The summed E-state index contributed by atoms with van der Waals surface area (Å²) in [5.41, 5.74) is 3.78. The monoisotopic (exact) mass is 479 g/mol. The van der Waals surface area contributed by atoms with Crippen molar-refractivity contribution >= 4 is 29.5 Å². The zero-order valence-corrected chi connectivity index (χ0v) is 21.2. The van der Waals surface area contributed by atoms with Crippen LogP contribution in [-0.2, 0) is 16.1 Å². The van der Waals surface area contributed by atoms with Crippen molar-refractivity contribution in [3.63, 3.8) is 0 Å². The van der Waals surface area contributed by atoms with E-state index in [0.29, 0.717) is 18.5 Å². The van der Waals surface area contributed by atoms with E-state index in [2.05, 4.69) is 10.6 Å². The van der Waals surface area contributed by atoms with Gasteiger partial charge < -0.3 is 15.5 Å². The predicted molar refractivity (Wildman–Crippen MR) is 135 cm³/mol. The smallest absolute Gasteiger partial charge is 0.256 e. The van der Waals surface area contributed by atoms with E-state index in [0.717, 1.165) is 16.7 Å². The maximum absolute atomic E-state index is 13.6. The molecule has 0 bridgehead atoms. The largest absolute Gasteiger partial charge is 0.350 e. The van der Waals surface area contributed by atoms with E-state index in [9.17, 15) is 14.4 Å². The molecule has 3 atom stereocenters. The van der Waals surface area contributed by atoms with Gasteiger partial charge in [0.15, 0.2) is 0 Å². The van der Waals surface area contributed by atoms with E-state index in [1.807, 2.05) is 83.1 Å². The fourth-order valence-corrected chi connectivity index (χ4v) is 6.36. The highest BCUT2D eigenvalue weighted by atomic mass is 32.2. The Morgan fingerprint density at radius 3 is 2.44 bits per heavy atom. The van der Waals surface area contributed by atoms with Gasteiger partial charge in [-0.25, -0.2) is 0 Å². The number of nitrogens with one attached hydrogen (secondary N) is 2. The van der Waals surface area contributed by atoms with Gasteiger partial charge in [-0.15, -0.1) is 11.8 Å². The number of rotatable bonds is 7. The highest BCUT2D eigenvalue weighted by molar-refractivity contribution is 8.01. The highest BCUT2D eigenvalue weighted by Crippen LogP contribution is 2.56. The molecule has 0 aromatic heterocycles. The molecule has 1 saturated heterocycles. The van der Waals surface area contributed by atoms with E-state index >= 15 is 0 Å². The molecule has 2 N–H and O–H groups in total. The molecule has 0 spiro atoms. The number of thioether (sulfide) groups is 1. The lowest BCUT2D eigenvalue weighted by atomic mass is 9.98. The first kappa shape index (κ1) is 24.3. The third-order valence-corrected chi connectivity index (χ3v) is 8.01. The maximum Gasteiger partial charge on any atom is 0.256 e. The molecule has 2 aromatic carbocycles. The minimum absolute atomic E-state index is 0.122. The van der Waals surface area contributed by atoms with Crippen LogP contribution in [0, 0.1) is 12.8 Å². The SMILES string of the molecule is Cc1ccc(CNC(=O)C(CC(C)C)NC(=O)C2N3C(=O)c4ccccc4C3SC2(C)C)cc1. The Kier molecular flexibility index (Phi) is 6.76. The number of hydrogen-bond donors (Lipinski definition) is 2. The fraction of sp³-hybridized carbons (Fsp3) is 0.444. The maximum atomic E-state index is 13.6. The van der Waals surface area contributed by atoms with Crippen molar-refractivity contribution in [2.75, 3.05) is 0 Å². The first-order valence-corrected chi connectivity index (χ1v) is 12.7. The Morgan fingerprint density at radius 2 is 1.76 bits per heavy atom. The van der Waals surface area contributed by atoms with Crippen LogP contribution in [0.2, 0.25) is 0 Å². The molecule has 0 saturated carbocycles. The minimum atomic E-state index is -0.669. The van der Waals surface area contributed by atoms with Gasteiger partial charge in [-0.2, -0.15) is 0 Å². The molecule has 4 rings (SSSR count). The van der Waals surface area contributed by atoms with E-state index < -0.39 is 16.8 Å². The van der Waals surface area contributed by atoms with Crippen LogP contribution < -0.4 is 10.6 Å². The number of fused-ring (bicyclic) bond motifs is 3. The molecule has 0 radical (unpaired) electrons. The predicted octanol–water partition coefficient (Wildman–Crippen LogP) is 4.19. The molecular weight excluding hydrogens is 446 g/mol. The van der Waals surface area contributed by atoms with E-state index in [1.54, 1.807) is 16.7 Å². The fourth-order valence-electron chi connectivity index (χ4n) is 4.78. The van der Waals surface area contributed by atoms with E-state index in [-0.39, 0.29) is 29.0 Å². The molecule has 6 nitrogen and oxygen atoms in total. The highest BCUT2D eigenvalue weighted by Gasteiger charge is 2.57. The second-order valence-corrected chi connectivity index (χ2v) is 11.9. The van der Waals surface area contributed by atoms with Crippen molar-refractivity contribution in [3.8, 4) is 0 Å². The van der Waals surface area contributed by atoms with Gasteiger partial charge in [-0.05, 0) is 50.3 Å². The van der Waals surface area contributed by atoms with Crippen molar-refractivity contribution in [2.45, 2.75) is 69.8 Å². The topological polar surface area (TPSA) is 78.5 Å². The third-order valence-electron chi connectivity index (χ3n) is 6.47. The number of amides is 3. The molecule has 2 aromatic rings. The van der Waals surface area contributed by atoms with Crippen molar-refractivity contribution in [3.05, 3.63) is 70.8 Å².